The number of hydrogen-bond donors (Lipinski definition) is 1. The fourth-order valence-electron chi connectivity index (χ4n) is 2.09. The third kappa shape index (κ3) is 3.60. The van der Waals surface area contributed by atoms with Gasteiger partial charge in [0.15, 0.2) is 0 Å². The zero-order valence-corrected chi connectivity index (χ0v) is 10.2. The summed E-state index contributed by atoms with van der Waals surface area (Å²) in [4.78, 5) is 4.45. The second-order valence-electron chi connectivity index (χ2n) is 4.78. The largest absolute Gasteiger partial charge is 0.309 e. The minimum atomic E-state index is 0.449. The third-order valence-electron chi connectivity index (χ3n) is 3.26. The second-order valence-corrected chi connectivity index (χ2v) is 4.78. The molecule has 0 aliphatic heterocycles. The van der Waals surface area contributed by atoms with Crippen molar-refractivity contribution >= 4 is 0 Å². The van der Waals surface area contributed by atoms with E-state index in [1.165, 1.54) is 37.8 Å². The highest BCUT2D eigenvalue weighted by atomic mass is 14.9. The van der Waals surface area contributed by atoms with E-state index in [1.807, 2.05) is 12.3 Å². The summed E-state index contributed by atoms with van der Waals surface area (Å²) in [6.45, 7) is 3.38. The Balaban J connectivity index is 1.83. The molecule has 0 saturated heterocycles. The Labute approximate surface area is 98.5 Å². The predicted octanol–water partition coefficient (Wildman–Crippen LogP) is 3.31. The van der Waals surface area contributed by atoms with E-state index in [0.717, 1.165) is 12.5 Å². The smallest absolute Gasteiger partial charge is 0.0573 e. The molecular weight excluding hydrogens is 196 g/mol. The molecule has 1 atom stereocenters. The van der Waals surface area contributed by atoms with Crippen LogP contribution in [0.5, 0.6) is 0 Å². The number of nitrogens with zero attached hydrogens (tertiary/aromatic N) is 1. The Morgan fingerprint density at radius 1 is 1.44 bits per heavy atom. The molecule has 0 bridgehead atoms. The Bertz CT molecular complexity index is 293. The first-order valence-electron chi connectivity index (χ1n) is 6.54. The zero-order chi connectivity index (χ0) is 11.2. The maximum Gasteiger partial charge on any atom is 0.0573 e. The van der Waals surface area contributed by atoms with Crippen molar-refractivity contribution in [2.45, 2.75) is 45.1 Å². The van der Waals surface area contributed by atoms with Gasteiger partial charge in [0.05, 0.1) is 5.69 Å². The molecule has 2 nitrogen and oxygen atoms in total. The van der Waals surface area contributed by atoms with Gasteiger partial charge in [-0.3, -0.25) is 4.98 Å². The Hall–Kier alpha value is -0.890. The molecule has 1 N–H and O–H groups in total. The quantitative estimate of drug-likeness (QED) is 0.759. The van der Waals surface area contributed by atoms with E-state index in [9.17, 15) is 0 Å². The van der Waals surface area contributed by atoms with Gasteiger partial charge in [0.2, 0.25) is 0 Å². The molecule has 1 aromatic rings. The van der Waals surface area contributed by atoms with Crippen molar-refractivity contribution in [1.29, 1.82) is 0 Å². The van der Waals surface area contributed by atoms with E-state index in [-0.39, 0.29) is 0 Å². The topological polar surface area (TPSA) is 24.9 Å². The summed E-state index contributed by atoms with van der Waals surface area (Å²) < 4.78 is 0. The molecule has 2 heteroatoms. The van der Waals surface area contributed by atoms with Crippen molar-refractivity contribution in [2.24, 2.45) is 5.92 Å². The number of pyridine rings is 1. The van der Waals surface area contributed by atoms with Crippen LogP contribution < -0.4 is 5.32 Å². The lowest BCUT2D eigenvalue weighted by Gasteiger charge is -2.17. The first-order valence-corrected chi connectivity index (χ1v) is 6.54. The van der Waals surface area contributed by atoms with Gasteiger partial charge < -0.3 is 5.32 Å². The zero-order valence-electron chi connectivity index (χ0n) is 10.2. The molecule has 0 spiro atoms. The summed E-state index contributed by atoms with van der Waals surface area (Å²) in [5.74, 6) is 1.01. The lowest BCUT2D eigenvalue weighted by molar-refractivity contribution is 0.469. The molecule has 1 aromatic heterocycles. The van der Waals surface area contributed by atoms with Crippen molar-refractivity contribution < 1.29 is 0 Å². The van der Waals surface area contributed by atoms with Crippen LogP contribution in [0, 0.1) is 5.92 Å². The molecule has 1 heterocycles. The van der Waals surface area contributed by atoms with Gasteiger partial charge in [0.25, 0.3) is 0 Å². The second kappa shape index (κ2) is 6.00. The predicted molar refractivity (Wildman–Crippen MR) is 67.2 cm³/mol. The van der Waals surface area contributed by atoms with E-state index in [1.54, 1.807) is 0 Å². The van der Waals surface area contributed by atoms with Crippen LogP contribution in [0.4, 0.5) is 0 Å². The van der Waals surface area contributed by atoms with Crippen molar-refractivity contribution in [3.63, 3.8) is 0 Å². The molecular formula is C14H22N2. The van der Waals surface area contributed by atoms with E-state index in [4.69, 9.17) is 0 Å². The summed E-state index contributed by atoms with van der Waals surface area (Å²) in [7, 11) is 0. The highest BCUT2D eigenvalue weighted by molar-refractivity contribution is 5.08. The van der Waals surface area contributed by atoms with Crippen molar-refractivity contribution in [3.05, 3.63) is 30.1 Å². The molecule has 2 rings (SSSR count). The van der Waals surface area contributed by atoms with Crippen LogP contribution in [0.25, 0.3) is 0 Å². The van der Waals surface area contributed by atoms with Crippen LogP contribution in [0.1, 0.15) is 50.8 Å². The van der Waals surface area contributed by atoms with Gasteiger partial charge in [0, 0.05) is 12.2 Å². The van der Waals surface area contributed by atoms with Gasteiger partial charge >= 0.3 is 0 Å². The van der Waals surface area contributed by atoms with Gasteiger partial charge in [-0.25, -0.2) is 0 Å². The molecule has 1 aliphatic carbocycles. The van der Waals surface area contributed by atoms with Gasteiger partial charge in [-0.1, -0.05) is 32.3 Å². The molecule has 0 amide bonds. The minimum absolute atomic E-state index is 0.449. The van der Waals surface area contributed by atoms with Crippen molar-refractivity contribution in [2.75, 3.05) is 6.54 Å². The maximum atomic E-state index is 4.45. The Morgan fingerprint density at radius 3 is 2.94 bits per heavy atom. The van der Waals surface area contributed by atoms with Gasteiger partial charge in [-0.05, 0) is 37.4 Å². The Morgan fingerprint density at radius 2 is 2.31 bits per heavy atom. The maximum absolute atomic E-state index is 4.45. The van der Waals surface area contributed by atoms with E-state index in [0.29, 0.717) is 6.04 Å². The van der Waals surface area contributed by atoms with E-state index in [2.05, 4.69) is 29.4 Å². The van der Waals surface area contributed by atoms with Gasteiger partial charge in [-0.2, -0.15) is 0 Å². The molecule has 88 valence electrons. The van der Waals surface area contributed by atoms with Crippen LogP contribution in [0.15, 0.2) is 24.4 Å². The molecule has 1 aliphatic rings. The van der Waals surface area contributed by atoms with Crippen LogP contribution in [0.2, 0.25) is 0 Å². The van der Waals surface area contributed by atoms with Crippen LogP contribution in [0.3, 0.4) is 0 Å². The van der Waals surface area contributed by atoms with Gasteiger partial charge in [0.1, 0.15) is 0 Å². The number of hydrogen-bond acceptors (Lipinski definition) is 2. The molecule has 16 heavy (non-hydrogen) atoms. The molecule has 0 aromatic carbocycles. The summed E-state index contributed by atoms with van der Waals surface area (Å²) in [5, 5.41) is 3.65. The average molecular weight is 218 g/mol. The minimum Gasteiger partial charge on any atom is -0.309 e. The van der Waals surface area contributed by atoms with Gasteiger partial charge in [-0.15, -0.1) is 0 Å². The number of rotatable bonds is 7. The Kier molecular flexibility index (Phi) is 4.34. The first-order chi connectivity index (χ1) is 7.90. The highest BCUT2D eigenvalue weighted by Gasteiger charge is 2.21. The average Bonchev–Trinajstić information content (AvgIpc) is 3.13. The normalized spacial score (nSPS) is 17.3. The van der Waals surface area contributed by atoms with Crippen molar-refractivity contribution in [1.82, 2.24) is 10.3 Å². The van der Waals surface area contributed by atoms with Crippen LogP contribution >= 0.6 is 0 Å². The lowest BCUT2D eigenvalue weighted by atomic mass is 10.1. The van der Waals surface area contributed by atoms with Crippen molar-refractivity contribution in [3.8, 4) is 0 Å². The van der Waals surface area contributed by atoms with Crippen LogP contribution in [-0.2, 0) is 0 Å². The fourth-order valence-corrected chi connectivity index (χ4v) is 2.09. The first kappa shape index (κ1) is 11.6. The van der Waals surface area contributed by atoms with Crippen LogP contribution in [-0.4, -0.2) is 11.5 Å². The SMILES string of the molecule is CCCC(NCCC1CC1)c1ccccn1. The standard InChI is InChI=1S/C14H22N2/c1-2-5-13(14-6-3-4-10-15-14)16-11-9-12-7-8-12/h3-4,6,10,12-13,16H,2,5,7-9,11H2,1H3. The summed E-state index contributed by atoms with van der Waals surface area (Å²) in [6, 6.07) is 6.64. The summed E-state index contributed by atoms with van der Waals surface area (Å²) >= 11 is 0. The number of aromatic nitrogens is 1. The fraction of sp³-hybridized carbons (Fsp3) is 0.643. The number of nitrogens with one attached hydrogen (secondary N) is 1. The lowest BCUT2D eigenvalue weighted by Crippen LogP contribution is -2.23. The summed E-state index contributed by atoms with van der Waals surface area (Å²) in [6.07, 6.45) is 8.51. The molecule has 1 unspecified atom stereocenters. The third-order valence-corrected chi connectivity index (χ3v) is 3.26. The molecule has 0 radical (unpaired) electrons. The monoisotopic (exact) mass is 218 g/mol. The van der Waals surface area contributed by atoms with E-state index < -0.39 is 0 Å². The molecule has 1 fully saturated rings. The molecule has 1 saturated carbocycles. The summed E-state index contributed by atoms with van der Waals surface area (Å²) in [5.41, 5.74) is 1.19. The highest BCUT2D eigenvalue weighted by Crippen LogP contribution is 2.32. The van der Waals surface area contributed by atoms with E-state index >= 15 is 0 Å².